The van der Waals surface area contributed by atoms with Gasteiger partial charge < -0.3 is 9.64 Å². The summed E-state index contributed by atoms with van der Waals surface area (Å²) in [6.07, 6.45) is 20.0. The molecule has 10 nitrogen and oxygen atoms in total. The predicted octanol–water partition coefficient (Wildman–Crippen LogP) is 13.7. The summed E-state index contributed by atoms with van der Waals surface area (Å²) in [4.78, 5) is 47.2. The molecule has 2 aliphatic rings. The molecule has 338 valence electrons. The van der Waals surface area contributed by atoms with Gasteiger partial charge in [0.15, 0.2) is 6.04 Å². The fourth-order valence-electron chi connectivity index (χ4n) is 8.18. The van der Waals surface area contributed by atoms with E-state index in [-0.39, 0.29) is 60.9 Å². The molecule has 0 radical (unpaired) electrons. The lowest BCUT2D eigenvalue weighted by atomic mass is 10.0. The number of nitrogens with zero attached hydrogens (tertiary/aromatic N) is 3. The zero-order valence-electron chi connectivity index (χ0n) is 35.7. The number of unbranched alkanes of at least 4 members (excludes halogenated alkanes) is 15. The summed E-state index contributed by atoms with van der Waals surface area (Å²) in [5, 5.41) is 0.274. The van der Waals surface area contributed by atoms with Gasteiger partial charge in [0.05, 0.1) is 48.7 Å². The van der Waals surface area contributed by atoms with Crippen molar-refractivity contribution in [3.05, 3.63) is 105 Å². The number of carbonyl (C=O) groups excluding carboxylic acids is 3. The molecule has 4 aromatic rings. The average Bonchev–Trinajstić information content (AvgIpc) is 3.81. The maximum absolute atomic E-state index is 14.8. The van der Waals surface area contributed by atoms with Gasteiger partial charge in [-0.3, -0.25) is 19.2 Å². The van der Waals surface area contributed by atoms with Crippen LogP contribution in [-0.4, -0.2) is 45.5 Å². The topological polar surface area (TPSA) is 116 Å². The van der Waals surface area contributed by atoms with E-state index < -0.39 is 33.9 Å². The largest absolute Gasteiger partial charge is 0.491 e. The van der Waals surface area contributed by atoms with Crippen LogP contribution in [0.4, 0.5) is 27.5 Å². The monoisotopic (exact) mass is 956 g/mol. The molecule has 1 unspecified atom stereocenters. The molecule has 2 heterocycles. The maximum Gasteiger partial charge on any atom is 0.337 e. The molecule has 0 saturated carbocycles. The molecule has 6 rings (SSSR count). The number of ether oxygens (including phenoxy) is 1. The van der Waals surface area contributed by atoms with Crippen LogP contribution in [0.5, 0.6) is 5.75 Å². The molecule has 1 N–H and O–H groups in total. The number of hydrogen-bond acceptors (Lipinski definition) is 6. The first kappa shape index (κ1) is 48.5. The molecule has 1 fully saturated rings. The van der Waals surface area contributed by atoms with Crippen molar-refractivity contribution in [1.82, 2.24) is 0 Å². The number of para-hydroxylation sites is 2. The number of halogens is 4. The molecule has 4 aromatic carbocycles. The van der Waals surface area contributed by atoms with Gasteiger partial charge in [0.25, 0.3) is 21.8 Å². The van der Waals surface area contributed by atoms with Crippen molar-refractivity contribution >= 4 is 97.0 Å². The second-order valence-corrected chi connectivity index (χ2v) is 19.5. The molecular weight excluding hydrogens is 902 g/mol. The Morgan fingerprint density at radius 1 is 0.667 bits per heavy atom. The second-order valence-electron chi connectivity index (χ2n) is 16.2. The van der Waals surface area contributed by atoms with E-state index >= 15 is 0 Å². The fourth-order valence-corrected chi connectivity index (χ4v) is 10.1. The highest BCUT2D eigenvalue weighted by Gasteiger charge is 2.54. The van der Waals surface area contributed by atoms with E-state index in [0.717, 1.165) is 34.6 Å². The summed E-state index contributed by atoms with van der Waals surface area (Å²) >= 11 is 25.7. The molecule has 2 aliphatic heterocycles. The molecule has 0 aromatic heterocycles. The van der Waals surface area contributed by atoms with E-state index in [9.17, 15) is 22.8 Å². The smallest absolute Gasteiger partial charge is 0.337 e. The number of urea groups is 1. The molecule has 1 saturated heterocycles. The minimum Gasteiger partial charge on any atom is -0.491 e. The van der Waals surface area contributed by atoms with Gasteiger partial charge in [-0.05, 0) is 66.9 Å². The molecule has 4 amide bonds. The van der Waals surface area contributed by atoms with Crippen LogP contribution in [0.1, 0.15) is 115 Å². The van der Waals surface area contributed by atoms with E-state index in [0.29, 0.717) is 18.5 Å². The number of anilines is 4. The van der Waals surface area contributed by atoms with E-state index in [1.165, 1.54) is 118 Å². The van der Waals surface area contributed by atoms with Crippen molar-refractivity contribution in [3.63, 3.8) is 0 Å². The van der Waals surface area contributed by atoms with Crippen LogP contribution in [0.3, 0.4) is 0 Å². The quantitative estimate of drug-likeness (QED) is 0.0324. The van der Waals surface area contributed by atoms with E-state index in [4.69, 9.17) is 51.1 Å². The van der Waals surface area contributed by atoms with Crippen molar-refractivity contribution in [2.75, 3.05) is 32.6 Å². The summed E-state index contributed by atoms with van der Waals surface area (Å²) in [5.41, 5.74) is 1.46. The van der Waals surface area contributed by atoms with E-state index in [1.807, 2.05) is 12.1 Å². The molecule has 0 spiro atoms. The van der Waals surface area contributed by atoms with Crippen molar-refractivity contribution in [3.8, 4) is 5.75 Å². The van der Waals surface area contributed by atoms with Gasteiger partial charge >= 0.3 is 6.03 Å². The summed E-state index contributed by atoms with van der Waals surface area (Å²) in [7, 11) is -4.33. The van der Waals surface area contributed by atoms with E-state index in [2.05, 4.69) is 11.6 Å². The Kier molecular flexibility index (Phi) is 17.9. The highest BCUT2D eigenvalue weighted by Crippen LogP contribution is 2.43. The molecule has 0 aliphatic carbocycles. The lowest BCUT2D eigenvalue weighted by molar-refractivity contribution is -0.126. The minimum absolute atomic E-state index is 0.0301. The van der Waals surface area contributed by atoms with Crippen molar-refractivity contribution in [2.24, 2.45) is 0 Å². The standard InChI is InChI=1S/C48H56Cl4N4O6S/c1-2-3-4-5-6-7-8-9-10-11-12-13-14-15-16-21-30-62-44-27-26-35(63(60,61)53-40-24-19-18-23-36(40)49)31-43(44)56-47(58)45(46(57)54-29-28-34-22-17-20-25-41(34)54)55(48(56)59)42-33-38(51)37(50)32-39(42)52/h17-20,22-27,31-33,45,53H,2-16,21,28-30H2,1H3. The van der Waals surface area contributed by atoms with Crippen LogP contribution in [0.15, 0.2) is 83.8 Å². The number of benzene rings is 4. The minimum atomic E-state index is -4.33. The first-order chi connectivity index (χ1) is 30.4. The first-order valence-corrected chi connectivity index (χ1v) is 25.2. The SMILES string of the molecule is CCCCCCCCCCCCCCCCCCOc1ccc(S(=O)(=O)Nc2ccccc2Cl)cc1N1C(=O)C(C(=O)N2CCc3ccccc32)N(c2cc(Cl)c(Cl)cc2Cl)C1=O. The van der Waals surface area contributed by atoms with Crippen LogP contribution in [-0.2, 0) is 26.0 Å². The Labute approximate surface area is 392 Å². The lowest BCUT2D eigenvalue weighted by Gasteiger charge is -2.26. The number of rotatable bonds is 24. The van der Waals surface area contributed by atoms with E-state index in [1.54, 1.807) is 30.3 Å². The summed E-state index contributed by atoms with van der Waals surface area (Å²) in [6.45, 7) is 2.76. The fraction of sp³-hybridized carbons (Fsp3) is 0.438. The number of fused-ring (bicyclic) bond motifs is 1. The predicted molar refractivity (Wildman–Crippen MR) is 257 cm³/mol. The van der Waals surface area contributed by atoms with Crippen LogP contribution in [0.2, 0.25) is 20.1 Å². The Balaban J connectivity index is 1.19. The number of sulfonamides is 1. The molecular formula is C48H56Cl4N4O6S. The van der Waals surface area contributed by atoms with Crippen LogP contribution in [0.25, 0.3) is 0 Å². The average molecular weight is 959 g/mol. The van der Waals surface area contributed by atoms with Gasteiger partial charge in [-0.1, -0.05) is 180 Å². The van der Waals surface area contributed by atoms with Gasteiger partial charge in [0.2, 0.25) is 0 Å². The number of carbonyl (C=O) groups is 3. The highest BCUT2D eigenvalue weighted by atomic mass is 35.5. The number of amides is 4. The first-order valence-electron chi connectivity index (χ1n) is 22.2. The Hall–Kier alpha value is -4.00. The lowest BCUT2D eigenvalue weighted by Crippen LogP contribution is -2.49. The number of hydrogen-bond donors (Lipinski definition) is 1. The second kappa shape index (κ2) is 23.3. The third kappa shape index (κ3) is 12.2. The van der Waals surface area contributed by atoms with Crippen molar-refractivity contribution in [1.29, 1.82) is 0 Å². The van der Waals surface area contributed by atoms with Gasteiger partial charge in [0, 0.05) is 12.2 Å². The number of nitrogens with one attached hydrogen (secondary N) is 1. The molecule has 0 bridgehead atoms. The number of imide groups is 1. The summed E-state index contributed by atoms with van der Waals surface area (Å²) in [5.74, 6) is -1.53. The Morgan fingerprint density at radius 2 is 1.25 bits per heavy atom. The normalized spacial score (nSPS) is 15.1. The van der Waals surface area contributed by atoms with Crippen molar-refractivity contribution in [2.45, 2.75) is 127 Å². The Morgan fingerprint density at radius 3 is 1.90 bits per heavy atom. The van der Waals surface area contributed by atoms with Crippen LogP contribution < -0.4 is 24.2 Å². The molecule has 63 heavy (non-hydrogen) atoms. The molecule has 1 atom stereocenters. The van der Waals surface area contributed by atoms with Gasteiger partial charge in [0.1, 0.15) is 5.75 Å². The van der Waals surface area contributed by atoms with Crippen LogP contribution in [0, 0.1) is 0 Å². The summed E-state index contributed by atoms with van der Waals surface area (Å²) in [6, 6.07) is 17.5. The maximum atomic E-state index is 14.8. The molecule has 15 heteroatoms. The van der Waals surface area contributed by atoms with Crippen LogP contribution >= 0.6 is 46.4 Å². The zero-order valence-corrected chi connectivity index (χ0v) is 39.6. The van der Waals surface area contributed by atoms with Gasteiger partial charge in [-0.15, -0.1) is 0 Å². The van der Waals surface area contributed by atoms with Gasteiger partial charge in [-0.2, -0.15) is 0 Å². The summed E-state index contributed by atoms with van der Waals surface area (Å²) < 4.78 is 36.5. The zero-order chi connectivity index (χ0) is 44.9. The van der Waals surface area contributed by atoms with Crippen molar-refractivity contribution < 1.29 is 27.5 Å². The third-order valence-corrected chi connectivity index (χ3v) is 14.3. The highest BCUT2D eigenvalue weighted by molar-refractivity contribution is 7.92. The Bertz CT molecular complexity index is 2350. The van der Waals surface area contributed by atoms with Gasteiger partial charge in [-0.25, -0.2) is 18.1 Å². The third-order valence-electron chi connectivity index (χ3n) is 11.6.